The van der Waals surface area contributed by atoms with Gasteiger partial charge >= 0.3 is 0 Å². The minimum Gasteiger partial charge on any atom is -0.358 e. The number of fused-ring (bicyclic) bond motifs is 4. The molecule has 2 aromatic heterocycles. The molecule has 0 saturated carbocycles. The molecular formula is C23H23N3O. The van der Waals surface area contributed by atoms with Crippen LogP contribution in [0.3, 0.4) is 0 Å². The lowest BCUT2D eigenvalue weighted by Crippen LogP contribution is -2.35. The van der Waals surface area contributed by atoms with Crippen molar-refractivity contribution in [1.29, 1.82) is 0 Å². The van der Waals surface area contributed by atoms with Crippen LogP contribution in [0.5, 0.6) is 0 Å². The Labute approximate surface area is 158 Å². The molecule has 1 aliphatic heterocycles. The lowest BCUT2D eigenvalue weighted by atomic mass is 10.0. The molecule has 136 valence electrons. The van der Waals surface area contributed by atoms with Crippen LogP contribution in [0.2, 0.25) is 0 Å². The molecule has 4 aromatic rings. The zero-order chi connectivity index (χ0) is 18.4. The Morgan fingerprint density at radius 1 is 1.07 bits per heavy atom. The van der Waals surface area contributed by atoms with Gasteiger partial charge in [0.05, 0.1) is 0 Å². The van der Waals surface area contributed by atoms with Gasteiger partial charge in [-0.2, -0.15) is 0 Å². The number of aromatic nitrogens is 2. The SMILES string of the molecule is Cn1cc(CCC(=O)N2CCc3[nH]c4ccccc4c3C2)c2ccccc21. The first-order valence-corrected chi connectivity index (χ1v) is 9.60. The van der Waals surface area contributed by atoms with E-state index in [1.165, 1.54) is 38.6 Å². The summed E-state index contributed by atoms with van der Waals surface area (Å²) in [5.74, 6) is 0.249. The van der Waals surface area contributed by atoms with Gasteiger partial charge in [-0.05, 0) is 24.1 Å². The molecule has 4 nitrogen and oxygen atoms in total. The molecule has 1 amide bonds. The highest BCUT2D eigenvalue weighted by Crippen LogP contribution is 2.28. The second-order valence-corrected chi connectivity index (χ2v) is 7.48. The molecule has 2 aromatic carbocycles. The summed E-state index contributed by atoms with van der Waals surface area (Å²) in [4.78, 5) is 18.4. The Bertz CT molecular complexity index is 1150. The van der Waals surface area contributed by atoms with Crippen LogP contribution in [-0.4, -0.2) is 26.9 Å². The average molecular weight is 357 g/mol. The van der Waals surface area contributed by atoms with Crippen molar-refractivity contribution in [3.8, 4) is 0 Å². The number of hydrogen-bond acceptors (Lipinski definition) is 1. The van der Waals surface area contributed by atoms with Crippen molar-refractivity contribution < 1.29 is 4.79 Å². The molecule has 0 atom stereocenters. The maximum absolute atomic E-state index is 12.9. The highest BCUT2D eigenvalue weighted by molar-refractivity contribution is 5.87. The number of carbonyl (C=O) groups excluding carboxylic acids is 1. The predicted octanol–water partition coefficient (Wildman–Crippen LogP) is 4.18. The van der Waals surface area contributed by atoms with E-state index in [4.69, 9.17) is 0 Å². The van der Waals surface area contributed by atoms with Crippen LogP contribution in [0.1, 0.15) is 23.2 Å². The fourth-order valence-corrected chi connectivity index (χ4v) is 4.40. The van der Waals surface area contributed by atoms with Gasteiger partial charge in [0.2, 0.25) is 5.91 Å². The summed E-state index contributed by atoms with van der Waals surface area (Å²) in [6, 6.07) is 16.8. The Balaban J connectivity index is 1.33. The van der Waals surface area contributed by atoms with E-state index in [1.807, 2.05) is 4.90 Å². The molecule has 0 aliphatic carbocycles. The topological polar surface area (TPSA) is 41.0 Å². The lowest BCUT2D eigenvalue weighted by molar-refractivity contribution is -0.132. The quantitative estimate of drug-likeness (QED) is 0.587. The first kappa shape index (κ1) is 16.2. The van der Waals surface area contributed by atoms with Crippen molar-refractivity contribution in [3.05, 3.63) is 71.5 Å². The zero-order valence-electron chi connectivity index (χ0n) is 15.5. The van der Waals surface area contributed by atoms with Crippen LogP contribution in [0, 0.1) is 0 Å². The van der Waals surface area contributed by atoms with Gasteiger partial charge in [-0.15, -0.1) is 0 Å². The van der Waals surface area contributed by atoms with E-state index >= 15 is 0 Å². The normalized spacial score (nSPS) is 14.0. The summed E-state index contributed by atoms with van der Waals surface area (Å²) in [5, 5.41) is 2.50. The number of rotatable bonds is 3. The fourth-order valence-electron chi connectivity index (χ4n) is 4.40. The first-order valence-electron chi connectivity index (χ1n) is 9.60. The van der Waals surface area contributed by atoms with Crippen molar-refractivity contribution in [3.63, 3.8) is 0 Å². The minimum absolute atomic E-state index is 0.249. The van der Waals surface area contributed by atoms with Crippen LogP contribution in [0.15, 0.2) is 54.7 Å². The number of nitrogens with zero attached hydrogens (tertiary/aromatic N) is 2. The van der Waals surface area contributed by atoms with Crippen LogP contribution in [0.4, 0.5) is 0 Å². The summed E-state index contributed by atoms with van der Waals surface area (Å²) in [5.41, 5.74) is 6.23. The smallest absolute Gasteiger partial charge is 0.223 e. The van der Waals surface area contributed by atoms with Crippen LogP contribution in [0.25, 0.3) is 21.8 Å². The number of amides is 1. The van der Waals surface area contributed by atoms with Crippen molar-refractivity contribution >= 4 is 27.7 Å². The second-order valence-electron chi connectivity index (χ2n) is 7.48. The Morgan fingerprint density at radius 2 is 1.85 bits per heavy atom. The van der Waals surface area contributed by atoms with Crippen LogP contribution >= 0.6 is 0 Å². The minimum atomic E-state index is 0.249. The monoisotopic (exact) mass is 357 g/mol. The maximum Gasteiger partial charge on any atom is 0.223 e. The molecule has 4 heteroatoms. The lowest BCUT2D eigenvalue weighted by Gasteiger charge is -2.27. The third-order valence-corrected chi connectivity index (χ3v) is 5.82. The molecule has 3 heterocycles. The molecule has 0 fully saturated rings. The van der Waals surface area contributed by atoms with E-state index in [-0.39, 0.29) is 5.91 Å². The van der Waals surface area contributed by atoms with Crippen molar-refractivity contribution in [1.82, 2.24) is 14.5 Å². The van der Waals surface area contributed by atoms with E-state index in [0.717, 1.165) is 19.4 Å². The van der Waals surface area contributed by atoms with Gasteiger partial charge in [0.15, 0.2) is 0 Å². The van der Waals surface area contributed by atoms with E-state index in [0.29, 0.717) is 13.0 Å². The Hall–Kier alpha value is -3.01. The predicted molar refractivity (Wildman–Crippen MR) is 109 cm³/mol. The van der Waals surface area contributed by atoms with E-state index in [2.05, 4.69) is 71.3 Å². The highest BCUT2D eigenvalue weighted by Gasteiger charge is 2.23. The van der Waals surface area contributed by atoms with Gasteiger partial charge in [0, 0.05) is 72.2 Å². The number of para-hydroxylation sites is 2. The molecule has 1 N–H and O–H groups in total. The third-order valence-electron chi connectivity index (χ3n) is 5.82. The highest BCUT2D eigenvalue weighted by atomic mass is 16.2. The first-order chi connectivity index (χ1) is 13.2. The van der Waals surface area contributed by atoms with Gasteiger partial charge < -0.3 is 14.5 Å². The average Bonchev–Trinajstić information content (AvgIpc) is 3.23. The fraction of sp³-hybridized carbons (Fsp3) is 0.261. The van der Waals surface area contributed by atoms with E-state index in [1.54, 1.807) is 0 Å². The molecular weight excluding hydrogens is 334 g/mol. The second kappa shape index (κ2) is 6.31. The summed E-state index contributed by atoms with van der Waals surface area (Å²) in [6.07, 6.45) is 4.42. The molecule has 0 bridgehead atoms. The van der Waals surface area contributed by atoms with Gasteiger partial charge in [-0.3, -0.25) is 4.79 Å². The number of carbonyl (C=O) groups is 1. The van der Waals surface area contributed by atoms with Gasteiger partial charge in [0.1, 0.15) is 0 Å². The van der Waals surface area contributed by atoms with Gasteiger partial charge in [0.25, 0.3) is 0 Å². The van der Waals surface area contributed by atoms with E-state index < -0.39 is 0 Å². The number of benzene rings is 2. The standard InChI is InChI=1S/C23H23N3O/c1-25-14-16(17-6-3-5-9-22(17)25)10-11-23(27)26-13-12-21-19(15-26)18-7-2-4-8-20(18)24-21/h2-9,14,24H,10-13,15H2,1H3. The molecule has 27 heavy (non-hydrogen) atoms. The molecule has 5 rings (SSSR count). The molecule has 0 spiro atoms. The molecule has 0 saturated heterocycles. The van der Waals surface area contributed by atoms with Crippen LogP contribution in [-0.2, 0) is 31.2 Å². The van der Waals surface area contributed by atoms with Gasteiger partial charge in [-0.25, -0.2) is 0 Å². The van der Waals surface area contributed by atoms with Crippen LogP contribution < -0.4 is 0 Å². The summed E-state index contributed by atoms with van der Waals surface area (Å²) in [7, 11) is 2.07. The largest absolute Gasteiger partial charge is 0.358 e. The number of aryl methyl sites for hydroxylation is 2. The number of hydrogen-bond donors (Lipinski definition) is 1. The zero-order valence-corrected chi connectivity index (χ0v) is 15.5. The third kappa shape index (κ3) is 2.72. The number of aromatic amines is 1. The molecule has 0 radical (unpaired) electrons. The number of H-pyrrole nitrogens is 1. The Kier molecular flexibility index (Phi) is 3.78. The van der Waals surface area contributed by atoms with Gasteiger partial charge in [-0.1, -0.05) is 36.4 Å². The van der Waals surface area contributed by atoms with E-state index in [9.17, 15) is 4.79 Å². The van der Waals surface area contributed by atoms with Crippen molar-refractivity contribution in [2.45, 2.75) is 25.8 Å². The molecule has 1 aliphatic rings. The summed E-state index contributed by atoms with van der Waals surface area (Å²) < 4.78 is 2.15. The summed E-state index contributed by atoms with van der Waals surface area (Å²) in [6.45, 7) is 1.52. The Morgan fingerprint density at radius 3 is 2.74 bits per heavy atom. The maximum atomic E-state index is 12.9. The number of nitrogens with one attached hydrogen (secondary N) is 1. The van der Waals surface area contributed by atoms with Crippen molar-refractivity contribution in [2.75, 3.05) is 6.54 Å². The van der Waals surface area contributed by atoms with Crippen molar-refractivity contribution in [2.24, 2.45) is 7.05 Å². The summed E-state index contributed by atoms with van der Waals surface area (Å²) >= 11 is 0. The molecule has 0 unspecified atom stereocenters.